The summed E-state index contributed by atoms with van der Waals surface area (Å²) in [6, 6.07) is 7.82. The number of benzene rings is 1. The molecule has 0 atom stereocenters. The maximum Gasteiger partial charge on any atom is 0.258 e. The highest BCUT2D eigenvalue weighted by molar-refractivity contribution is 5.85. The number of anilines is 2. The number of nitrogens with zero attached hydrogens (tertiary/aromatic N) is 2. The molecule has 5 nitrogen and oxygen atoms in total. The maximum atomic E-state index is 13.3. The van der Waals surface area contributed by atoms with Crippen molar-refractivity contribution >= 4 is 22.4 Å². The van der Waals surface area contributed by atoms with E-state index in [1.165, 1.54) is 12.1 Å². The highest BCUT2D eigenvalue weighted by atomic mass is 19.1. The molecule has 3 rings (SSSR count). The van der Waals surface area contributed by atoms with Gasteiger partial charge in [-0.3, -0.25) is 4.79 Å². The molecule has 0 saturated heterocycles. The van der Waals surface area contributed by atoms with E-state index in [4.69, 9.17) is 5.73 Å². The number of pyridine rings is 2. The fourth-order valence-corrected chi connectivity index (χ4v) is 2.42. The Labute approximate surface area is 126 Å². The molecule has 6 heteroatoms. The molecule has 0 fully saturated rings. The Bertz CT molecular complexity index is 933. The van der Waals surface area contributed by atoms with Crippen LogP contribution in [0, 0.1) is 5.82 Å². The smallest absolute Gasteiger partial charge is 0.258 e. The molecule has 0 unspecified atom stereocenters. The minimum Gasteiger partial charge on any atom is -0.396 e. The Morgan fingerprint density at radius 1 is 1.27 bits per heavy atom. The van der Waals surface area contributed by atoms with Crippen molar-refractivity contribution in [3.05, 3.63) is 52.7 Å². The quantitative estimate of drug-likeness (QED) is 0.712. The Kier molecular flexibility index (Phi) is 3.29. The molecular weight excluding hydrogens is 283 g/mol. The van der Waals surface area contributed by atoms with Crippen molar-refractivity contribution in [1.82, 2.24) is 9.55 Å². The summed E-state index contributed by atoms with van der Waals surface area (Å²) in [4.78, 5) is 16.8. The number of nitrogens with two attached hydrogens (primary N) is 1. The summed E-state index contributed by atoms with van der Waals surface area (Å²) >= 11 is 0. The van der Waals surface area contributed by atoms with Gasteiger partial charge in [-0.25, -0.2) is 9.37 Å². The minimum absolute atomic E-state index is 0.0169. The first-order valence-electron chi connectivity index (χ1n) is 6.74. The van der Waals surface area contributed by atoms with Gasteiger partial charge in [0, 0.05) is 37.3 Å². The molecule has 3 aromatic rings. The molecule has 1 aromatic carbocycles. The molecule has 0 spiro atoms. The second kappa shape index (κ2) is 5.14. The van der Waals surface area contributed by atoms with Gasteiger partial charge in [0.15, 0.2) is 0 Å². The number of hydrogen-bond donors (Lipinski definition) is 2. The summed E-state index contributed by atoms with van der Waals surface area (Å²) in [7, 11) is 3.46. The third-order valence-corrected chi connectivity index (χ3v) is 3.67. The van der Waals surface area contributed by atoms with E-state index in [-0.39, 0.29) is 11.2 Å². The number of halogens is 1. The van der Waals surface area contributed by atoms with E-state index in [1.54, 1.807) is 43.1 Å². The van der Waals surface area contributed by atoms with Crippen LogP contribution in [0.3, 0.4) is 0 Å². The van der Waals surface area contributed by atoms with Crippen molar-refractivity contribution in [2.24, 2.45) is 7.05 Å². The lowest BCUT2D eigenvalue weighted by Crippen LogP contribution is -2.19. The van der Waals surface area contributed by atoms with Crippen molar-refractivity contribution in [2.45, 2.75) is 0 Å². The molecule has 0 aliphatic carbocycles. The largest absolute Gasteiger partial charge is 0.396 e. The molecule has 0 bridgehead atoms. The van der Waals surface area contributed by atoms with E-state index >= 15 is 0 Å². The predicted octanol–water partition coefficient (Wildman–Crippen LogP) is 2.36. The van der Waals surface area contributed by atoms with Gasteiger partial charge in [0.05, 0.1) is 11.2 Å². The zero-order valence-electron chi connectivity index (χ0n) is 12.2. The summed E-state index contributed by atoms with van der Waals surface area (Å²) in [6.07, 6.45) is 1.69. The van der Waals surface area contributed by atoms with Crippen LogP contribution in [0.1, 0.15) is 0 Å². The van der Waals surface area contributed by atoms with Crippen molar-refractivity contribution < 1.29 is 4.39 Å². The van der Waals surface area contributed by atoms with Crippen LogP contribution in [0.5, 0.6) is 0 Å². The number of nitrogens with one attached hydrogen (secondary N) is 1. The van der Waals surface area contributed by atoms with Crippen LogP contribution in [-0.4, -0.2) is 16.6 Å². The fourth-order valence-electron chi connectivity index (χ4n) is 2.42. The van der Waals surface area contributed by atoms with Crippen LogP contribution >= 0.6 is 0 Å². The lowest BCUT2D eigenvalue weighted by molar-refractivity contribution is 0.632. The first-order valence-corrected chi connectivity index (χ1v) is 6.74. The summed E-state index contributed by atoms with van der Waals surface area (Å²) in [5, 5.41) is 3.76. The molecule has 2 heterocycles. The molecule has 2 aromatic heterocycles. The predicted molar refractivity (Wildman–Crippen MR) is 86.3 cm³/mol. The number of aromatic nitrogens is 2. The van der Waals surface area contributed by atoms with Gasteiger partial charge in [-0.2, -0.15) is 0 Å². The van der Waals surface area contributed by atoms with Crippen molar-refractivity contribution in [1.29, 1.82) is 0 Å². The monoisotopic (exact) mass is 298 g/mol. The van der Waals surface area contributed by atoms with Gasteiger partial charge in [0.1, 0.15) is 11.6 Å². The van der Waals surface area contributed by atoms with Crippen molar-refractivity contribution in [3.8, 4) is 11.1 Å². The van der Waals surface area contributed by atoms with Crippen molar-refractivity contribution in [2.75, 3.05) is 18.1 Å². The molecule has 22 heavy (non-hydrogen) atoms. The fraction of sp³-hybridized carbons (Fsp3) is 0.125. The zero-order chi connectivity index (χ0) is 15.9. The number of fused-ring (bicyclic) bond motifs is 1. The average Bonchev–Trinajstić information content (AvgIpc) is 2.53. The van der Waals surface area contributed by atoms with Crippen LogP contribution in [-0.2, 0) is 7.05 Å². The van der Waals surface area contributed by atoms with Crippen LogP contribution in [0.15, 0.2) is 41.3 Å². The summed E-state index contributed by atoms with van der Waals surface area (Å²) < 4.78 is 14.9. The SMILES string of the molecule is CNc1cc2c(cn1)cc(-c1ccc(F)c(N)c1)c(=O)n2C. The van der Waals surface area contributed by atoms with Gasteiger partial charge in [0.2, 0.25) is 0 Å². The van der Waals surface area contributed by atoms with Crippen molar-refractivity contribution in [3.63, 3.8) is 0 Å². The summed E-state index contributed by atoms with van der Waals surface area (Å²) in [5.41, 5.74) is 7.24. The highest BCUT2D eigenvalue weighted by Gasteiger charge is 2.11. The van der Waals surface area contributed by atoms with E-state index in [9.17, 15) is 9.18 Å². The Hall–Kier alpha value is -2.89. The number of rotatable bonds is 2. The van der Waals surface area contributed by atoms with Crippen LogP contribution in [0.4, 0.5) is 15.9 Å². The topological polar surface area (TPSA) is 72.9 Å². The van der Waals surface area contributed by atoms with Gasteiger partial charge in [-0.15, -0.1) is 0 Å². The van der Waals surface area contributed by atoms with Gasteiger partial charge < -0.3 is 15.6 Å². The van der Waals surface area contributed by atoms with Crippen LogP contribution < -0.4 is 16.6 Å². The lowest BCUT2D eigenvalue weighted by Gasteiger charge is -2.10. The standard InChI is InChI=1S/C16H15FN4O/c1-19-15-7-14-10(8-20-15)5-11(16(22)21(14)2)9-3-4-12(17)13(18)6-9/h3-8H,18H2,1-2H3,(H,19,20). The highest BCUT2D eigenvalue weighted by Crippen LogP contribution is 2.24. The summed E-state index contributed by atoms with van der Waals surface area (Å²) in [5.74, 6) is 0.183. The molecule has 0 saturated carbocycles. The molecule has 112 valence electrons. The van der Waals surface area contributed by atoms with Gasteiger partial charge in [-0.1, -0.05) is 6.07 Å². The number of aryl methyl sites for hydroxylation is 1. The maximum absolute atomic E-state index is 13.3. The normalized spacial score (nSPS) is 10.9. The van der Waals surface area contributed by atoms with E-state index in [2.05, 4.69) is 10.3 Å². The Morgan fingerprint density at radius 2 is 2.05 bits per heavy atom. The third kappa shape index (κ3) is 2.18. The minimum atomic E-state index is -0.498. The number of hydrogen-bond acceptors (Lipinski definition) is 4. The summed E-state index contributed by atoms with van der Waals surface area (Å²) in [6.45, 7) is 0. The Morgan fingerprint density at radius 3 is 2.73 bits per heavy atom. The molecular formula is C16H15FN4O. The van der Waals surface area contributed by atoms with Crippen LogP contribution in [0.2, 0.25) is 0 Å². The Balaban J connectivity index is 2.29. The van der Waals surface area contributed by atoms with E-state index in [0.29, 0.717) is 16.9 Å². The average molecular weight is 298 g/mol. The zero-order valence-corrected chi connectivity index (χ0v) is 12.2. The lowest BCUT2D eigenvalue weighted by atomic mass is 10.0. The van der Waals surface area contributed by atoms with E-state index in [0.717, 1.165) is 10.9 Å². The second-order valence-electron chi connectivity index (χ2n) is 5.04. The molecule has 0 amide bonds. The molecule has 0 aliphatic rings. The number of nitrogen functional groups attached to an aromatic ring is 1. The molecule has 3 N–H and O–H groups in total. The molecule has 0 aliphatic heterocycles. The van der Waals surface area contributed by atoms with Gasteiger partial charge in [-0.05, 0) is 23.8 Å². The van der Waals surface area contributed by atoms with E-state index in [1.807, 2.05) is 0 Å². The second-order valence-corrected chi connectivity index (χ2v) is 5.04. The molecule has 0 radical (unpaired) electrons. The van der Waals surface area contributed by atoms with Gasteiger partial charge in [0.25, 0.3) is 5.56 Å². The third-order valence-electron chi connectivity index (χ3n) is 3.67. The van der Waals surface area contributed by atoms with E-state index < -0.39 is 5.82 Å². The first kappa shape index (κ1) is 14.1. The van der Waals surface area contributed by atoms with Crippen LogP contribution in [0.25, 0.3) is 22.0 Å². The van der Waals surface area contributed by atoms with Gasteiger partial charge >= 0.3 is 0 Å². The first-order chi connectivity index (χ1) is 10.5.